The molecule has 6 heteroatoms. The summed E-state index contributed by atoms with van der Waals surface area (Å²) in [6, 6.07) is 3.32. The quantitative estimate of drug-likeness (QED) is 0.892. The summed E-state index contributed by atoms with van der Waals surface area (Å²) in [5.74, 6) is 0.403. The van der Waals surface area contributed by atoms with Gasteiger partial charge in [0, 0.05) is 11.1 Å². The molecule has 0 aliphatic rings. The highest BCUT2D eigenvalue weighted by Gasteiger charge is 2.08. The zero-order valence-corrected chi connectivity index (χ0v) is 10.2. The van der Waals surface area contributed by atoms with E-state index in [2.05, 4.69) is 4.98 Å². The molecule has 0 bridgehead atoms. The Morgan fingerprint density at radius 2 is 2.31 bits per heavy atom. The molecule has 2 rings (SSSR count). The van der Waals surface area contributed by atoms with Gasteiger partial charge < -0.3 is 5.73 Å². The van der Waals surface area contributed by atoms with E-state index >= 15 is 0 Å². The number of halogens is 1. The Balaban J connectivity index is 2.41. The first-order valence-electron chi connectivity index (χ1n) is 4.64. The minimum atomic E-state index is -0.0159. The number of nitrogens with zero attached hydrogens (tertiary/aromatic N) is 2. The lowest BCUT2D eigenvalue weighted by Crippen LogP contribution is -2.16. The van der Waals surface area contributed by atoms with Gasteiger partial charge in [-0.05, 0) is 19.1 Å². The molecule has 0 atom stereocenters. The number of hydrogen-bond donors (Lipinski definition) is 1. The minimum absolute atomic E-state index is 0.0159. The van der Waals surface area contributed by atoms with E-state index in [-0.39, 0.29) is 4.87 Å². The van der Waals surface area contributed by atoms with Crippen LogP contribution in [0.1, 0.15) is 11.4 Å². The fraction of sp³-hybridized carbons (Fsp3) is 0.200. The van der Waals surface area contributed by atoms with Crippen LogP contribution >= 0.6 is 22.9 Å². The van der Waals surface area contributed by atoms with Gasteiger partial charge >= 0.3 is 4.87 Å². The summed E-state index contributed by atoms with van der Waals surface area (Å²) in [5.41, 5.74) is 7.09. The maximum Gasteiger partial charge on any atom is 0.307 e. The number of nitrogens with two attached hydrogens (primary N) is 1. The molecule has 2 heterocycles. The van der Waals surface area contributed by atoms with Crippen molar-refractivity contribution in [2.75, 3.05) is 5.73 Å². The van der Waals surface area contributed by atoms with Crippen LogP contribution in [-0.4, -0.2) is 9.55 Å². The molecule has 2 N–H and O–H groups in total. The number of rotatable bonds is 2. The summed E-state index contributed by atoms with van der Waals surface area (Å²) in [4.78, 5) is 15.6. The van der Waals surface area contributed by atoms with E-state index < -0.39 is 0 Å². The Labute approximate surface area is 101 Å². The predicted molar refractivity (Wildman–Crippen MR) is 66.1 cm³/mol. The van der Waals surface area contributed by atoms with Crippen LogP contribution in [0.15, 0.2) is 22.3 Å². The third-order valence-electron chi connectivity index (χ3n) is 2.22. The second-order valence-electron chi connectivity index (χ2n) is 3.39. The van der Waals surface area contributed by atoms with Gasteiger partial charge in [0.1, 0.15) is 5.82 Å². The van der Waals surface area contributed by atoms with Crippen molar-refractivity contribution in [2.45, 2.75) is 13.5 Å². The number of anilines is 1. The summed E-state index contributed by atoms with van der Waals surface area (Å²) in [6.07, 6.45) is 0. The molecular weight excluding hydrogens is 246 g/mol. The largest absolute Gasteiger partial charge is 0.384 e. The van der Waals surface area contributed by atoms with Crippen molar-refractivity contribution in [1.29, 1.82) is 0 Å². The molecule has 0 spiro atoms. The van der Waals surface area contributed by atoms with Crippen molar-refractivity contribution >= 4 is 28.8 Å². The lowest BCUT2D eigenvalue weighted by molar-refractivity contribution is 0.737. The molecule has 84 valence electrons. The van der Waals surface area contributed by atoms with Gasteiger partial charge in [-0.3, -0.25) is 9.36 Å². The molecule has 16 heavy (non-hydrogen) atoms. The molecule has 0 amide bonds. The molecule has 4 nitrogen and oxygen atoms in total. The Kier molecular flexibility index (Phi) is 2.98. The van der Waals surface area contributed by atoms with Crippen LogP contribution in [0.4, 0.5) is 5.82 Å². The lowest BCUT2D eigenvalue weighted by atomic mass is 10.3. The number of thiazole rings is 1. The average Bonchev–Trinajstić information content (AvgIpc) is 2.55. The van der Waals surface area contributed by atoms with Gasteiger partial charge in [-0.25, -0.2) is 4.98 Å². The summed E-state index contributed by atoms with van der Waals surface area (Å²) >= 11 is 7.15. The maximum absolute atomic E-state index is 11.5. The Bertz CT molecular complexity index is 576. The van der Waals surface area contributed by atoms with E-state index in [0.29, 0.717) is 23.1 Å². The minimum Gasteiger partial charge on any atom is -0.384 e. The smallest absolute Gasteiger partial charge is 0.307 e. The van der Waals surface area contributed by atoms with Crippen molar-refractivity contribution in [1.82, 2.24) is 9.55 Å². The van der Waals surface area contributed by atoms with E-state index in [1.165, 1.54) is 11.3 Å². The zero-order valence-electron chi connectivity index (χ0n) is 8.61. The SMILES string of the molecule is Cc1csc(=O)n1Cc1nc(N)ccc1Cl. The topological polar surface area (TPSA) is 60.9 Å². The molecule has 0 aliphatic carbocycles. The van der Waals surface area contributed by atoms with Gasteiger partial charge in [0.2, 0.25) is 0 Å². The van der Waals surface area contributed by atoms with Gasteiger partial charge in [0.15, 0.2) is 0 Å². The average molecular weight is 256 g/mol. The molecular formula is C10H10ClN3OS. The summed E-state index contributed by atoms with van der Waals surface area (Å²) < 4.78 is 1.62. The van der Waals surface area contributed by atoms with Gasteiger partial charge in [-0.2, -0.15) is 0 Å². The van der Waals surface area contributed by atoms with E-state index in [1.54, 1.807) is 16.7 Å². The summed E-state index contributed by atoms with van der Waals surface area (Å²) in [5, 5.41) is 2.33. The highest BCUT2D eigenvalue weighted by atomic mass is 35.5. The van der Waals surface area contributed by atoms with Crippen molar-refractivity contribution < 1.29 is 0 Å². The standard InChI is InChI=1S/C10H10ClN3OS/c1-6-5-16-10(15)14(6)4-8-7(11)2-3-9(12)13-8/h2-3,5H,4H2,1H3,(H2,12,13). The Morgan fingerprint density at radius 3 is 2.94 bits per heavy atom. The van der Waals surface area contributed by atoms with Gasteiger partial charge in [0.25, 0.3) is 0 Å². The molecule has 2 aromatic rings. The first-order chi connectivity index (χ1) is 7.58. The number of aryl methyl sites for hydroxylation is 1. The van der Waals surface area contributed by atoms with Crippen LogP contribution in [0.25, 0.3) is 0 Å². The molecule has 0 aliphatic heterocycles. The van der Waals surface area contributed by atoms with Crippen LogP contribution in [0.2, 0.25) is 5.02 Å². The van der Waals surface area contributed by atoms with Crippen LogP contribution in [-0.2, 0) is 6.54 Å². The molecule has 0 unspecified atom stereocenters. The van der Waals surface area contributed by atoms with Crippen LogP contribution in [0, 0.1) is 6.92 Å². The Morgan fingerprint density at radius 1 is 1.56 bits per heavy atom. The fourth-order valence-electron chi connectivity index (χ4n) is 1.36. The van der Waals surface area contributed by atoms with Crippen molar-refractivity contribution in [3.8, 4) is 0 Å². The van der Waals surface area contributed by atoms with Crippen molar-refractivity contribution in [3.63, 3.8) is 0 Å². The second kappa shape index (κ2) is 4.27. The van der Waals surface area contributed by atoms with Gasteiger partial charge in [-0.1, -0.05) is 22.9 Å². The monoisotopic (exact) mass is 255 g/mol. The van der Waals surface area contributed by atoms with Gasteiger partial charge in [0.05, 0.1) is 17.3 Å². The third-order valence-corrected chi connectivity index (χ3v) is 3.45. The van der Waals surface area contributed by atoms with E-state index in [1.807, 2.05) is 12.3 Å². The summed E-state index contributed by atoms with van der Waals surface area (Å²) in [6.45, 7) is 2.23. The lowest BCUT2D eigenvalue weighted by Gasteiger charge is -2.06. The fourth-order valence-corrected chi connectivity index (χ4v) is 2.26. The number of hydrogen-bond acceptors (Lipinski definition) is 4. The normalized spacial score (nSPS) is 10.6. The molecule has 0 fully saturated rings. The van der Waals surface area contributed by atoms with Crippen molar-refractivity contribution in [3.05, 3.63) is 43.6 Å². The summed E-state index contributed by atoms with van der Waals surface area (Å²) in [7, 11) is 0. The molecule has 0 radical (unpaired) electrons. The van der Waals surface area contributed by atoms with Crippen molar-refractivity contribution in [2.24, 2.45) is 0 Å². The second-order valence-corrected chi connectivity index (χ2v) is 4.62. The van der Waals surface area contributed by atoms with Gasteiger partial charge in [-0.15, -0.1) is 0 Å². The van der Waals surface area contributed by atoms with Crippen LogP contribution in [0.5, 0.6) is 0 Å². The predicted octanol–water partition coefficient (Wildman–Crippen LogP) is 1.90. The van der Waals surface area contributed by atoms with E-state index in [4.69, 9.17) is 17.3 Å². The Hall–Kier alpha value is -1.33. The highest BCUT2D eigenvalue weighted by Crippen LogP contribution is 2.16. The molecule has 0 saturated carbocycles. The van der Waals surface area contributed by atoms with Crippen LogP contribution < -0.4 is 10.6 Å². The highest BCUT2D eigenvalue weighted by molar-refractivity contribution is 7.07. The molecule has 0 aromatic carbocycles. The maximum atomic E-state index is 11.5. The first-order valence-corrected chi connectivity index (χ1v) is 5.89. The molecule has 0 saturated heterocycles. The van der Waals surface area contributed by atoms with Crippen LogP contribution in [0.3, 0.4) is 0 Å². The number of aromatic nitrogens is 2. The van der Waals surface area contributed by atoms with E-state index in [0.717, 1.165) is 5.69 Å². The zero-order chi connectivity index (χ0) is 11.7. The van der Waals surface area contributed by atoms with E-state index in [9.17, 15) is 4.79 Å². The molecule has 2 aromatic heterocycles. The number of pyridine rings is 1. The third kappa shape index (κ3) is 2.10. The first kappa shape index (κ1) is 11.2. The number of nitrogen functional groups attached to an aromatic ring is 1.